The van der Waals surface area contributed by atoms with E-state index in [-0.39, 0.29) is 12.2 Å². The average Bonchev–Trinajstić information content (AvgIpc) is 2.82. The lowest BCUT2D eigenvalue weighted by Gasteiger charge is -2.03. The number of halogens is 2. The van der Waals surface area contributed by atoms with Gasteiger partial charge in [0.15, 0.2) is 5.78 Å². The quantitative estimate of drug-likeness (QED) is 0.778. The molecule has 0 atom stereocenters. The zero-order chi connectivity index (χ0) is 13.1. The number of Topliss-reactive ketones (excluding diaryl/α,β-unsaturated/α-hetero) is 1. The van der Waals surface area contributed by atoms with Crippen LogP contribution in [0.4, 0.5) is 0 Å². The highest BCUT2D eigenvalue weighted by atomic mass is 35.5. The molecule has 0 amide bonds. The number of hydrogen-bond donors (Lipinski definition) is 0. The first kappa shape index (κ1) is 13.4. The van der Waals surface area contributed by atoms with Crippen molar-refractivity contribution in [1.29, 1.82) is 0 Å². The van der Waals surface area contributed by atoms with Crippen molar-refractivity contribution in [2.75, 3.05) is 7.11 Å². The molecule has 5 heteroatoms. The summed E-state index contributed by atoms with van der Waals surface area (Å²) in [4.78, 5) is 12.7. The summed E-state index contributed by atoms with van der Waals surface area (Å²) in [5, 5.41) is 2.78. The number of carbonyl (C=O) groups excluding carboxylic acids is 1. The van der Waals surface area contributed by atoms with E-state index in [1.54, 1.807) is 31.4 Å². The van der Waals surface area contributed by atoms with Gasteiger partial charge in [0.2, 0.25) is 0 Å². The molecule has 0 bridgehead atoms. The summed E-state index contributed by atoms with van der Waals surface area (Å²) >= 11 is 13.1. The van der Waals surface area contributed by atoms with Crippen molar-refractivity contribution >= 4 is 40.3 Å². The summed E-state index contributed by atoms with van der Waals surface area (Å²) < 4.78 is 5.13. The molecule has 0 aliphatic heterocycles. The zero-order valence-corrected chi connectivity index (χ0v) is 11.9. The summed E-state index contributed by atoms with van der Waals surface area (Å²) in [5.41, 5.74) is 0.838. The number of ketones is 1. The Kier molecular flexibility index (Phi) is 4.27. The highest BCUT2D eigenvalue weighted by molar-refractivity contribution is 7.12. The molecule has 0 spiro atoms. The molecule has 0 radical (unpaired) electrons. The van der Waals surface area contributed by atoms with Gasteiger partial charge in [0, 0.05) is 6.42 Å². The number of hydrogen-bond acceptors (Lipinski definition) is 3. The van der Waals surface area contributed by atoms with Crippen LogP contribution < -0.4 is 4.74 Å². The zero-order valence-electron chi connectivity index (χ0n) is 9.57. The van der Waals surface area contributed by atoms with Crippen molar-refractivity contribution in [2.24, 2.45) is 0 Å². The second-order valence-corrected chi connectivity index (χ2v) is 5.40. The number of methoxy groups -OCH3 is 1. The highest BCUT2D eigenvalue weighted by Crippen LogP contribution is 2.27. The minimum Gasteiger partial charge on any atom is -0.495 e. The third kappa shape index (κ3) is 2.86. The van der Waals surface area contributed by atoms with Gasteiger partial charge in [-0.05, 0) is 29.1 Å². The van der Waals surface area contributed by atoms with Crippen LogP contribution in [0.1, 0.15) is 15.2 Å². The highest BCUT2D eigenvalue weighted by Gasteiger charge is 2.14. The first-order valence-electron chi connectivity index (χ1n) is 5.20. The van der Waals surface area contributed by atoms with Crippen LogP contribution in [0, 0.1) is 0 Å². The predicted molar refractivity (Wildman–Crippen MR) is 75.4 cm³/mol. The van der Waals surface area contributed by atoms with Gasteiger partial charge < -0.3 is 4.74 Å². The Morgan fingerprint density at radius 2 is 2.06 bits per heavy atom. The fourth-order valence-corrected chi connectivity index (χ4v) is 2.70. The molecule has 0 saturated carbocycles. The molecule has 94 valence electrons. The Balaban J connectivity index is 2.19. The largest absolute Gasteiger partial charge is 0.495 e. The van der Waals surface area contributed by atoms with Crippen LogP contribution in [-0.2, 0) is 6.42 Å². The monoisotopic (exact) mass is 300 g/mol. The van der Waals surface area contributed by atoms with Crippen LogP contribution in [-0.4, -0.2) is 12.9 Å². The lowest BCUT2D eigenvalue weighted by Crippen LogP contribution is -2.03. The van der Waals surface area contributed by atoms with Gasteiger partial charge in [0.25, 0.3) is 0 Å². The van der Waals surface area contributed by atoms with Crippen molar-refractivity contribution in [3.63, 3.8) is 0 Å². The van der Waals surface area contributed by atoms with Crippen LogP contribution in [0.15, 0.2) is 29.6 Å². The van der Waals surface area contributed by atoms with E-state index in [9.17, 15) is 4.79 Å². The fourth-order valence-electron chi connectivity index (χ4n) is 1.58. The first-order valence-corrected chi connectivity index (χ1v) is 6.84. The maximum Gasteiger partial charge on any atom is 0.180 e. The van der Waals surface area contributed by atoms with Crippen LogP contribution in [0.3, 0.4) is 0 Å². The van der Waals surface area contributed by atoms with Crippen LogP contribution >= 0.6 is 34.5 Å². The summed E-state index contributed by atoms with van der Waals surface area (Å²) in [6, 6.07) is 6.99. The molecule has 2 rings (SSSR count). The number of thiophene rings is 1. The smallest absolute Gasteiger partial charge is 0.180 e. The average molecular weight is 301 g/mol. The standard InChI is InChI=1S/C13H10Cl2O2S/c1-17-12-4-5-18-13(12)11(16)7-8-2-3-9(14)10(15)6-8/h2-6H,7H2,1H3. The van der Waals surface area contributed by atoms with Gasteiger partial charge in [0.05, 0.1) is 17.2 Å². The first-order chi connectivity index (χ1) is 8.61. The molecular formula is C13H10Cl2O2S. The minimum atomic E-state index is 0.0141. The second kappa shape index (κ2) is 5.74. The molecule has 0 aliphatic carbocycles. The Morgan fingerprint density at radius 1 is 1.28 bits per heavy atom. The lowest BCUT2D eigenvalue weighted by atomic mass is 10.1. The van der Waals surface area contributed by atoms with E-state index in [0.29, 0.717) is 20.7 Å². The maximum absolute atomic E-state index is 12.1. The van der Waals surface area contributed by atoms with E-state index in [1.165, 1.54) is 11.3 Å². The molecule has 18 heavy (non-hydrogen) atoms. The molecule has 0 saturated heterocycles. The van der Waals surface area contributed by atoms with Crippen molar-refractivity contribution in [3.8, 4) is 5.75 Å². The van der Waals surface area contributed by atoms with Crippen molar-refractivity contribution < 1.29 is 9.53 Å². The van der Waals surface area contributed by atoms with Crippen LogP contribution in [0.2, 0.25) is 10.0 Å². The van der Waals surface area contributed by atoms with E-state index in [2.05, 4.69) is 0 Å². The van der Waals surface area contributed by atoms with Gasteiger partial charge in [-0.3, -0.25) is 4.79 Å². The van der Waals surface area contributed by atoms with Crippen LogP contribution in [0.5, 0.6) is 5.75 Å². The summed E-state index contributed by atoms with van der Waals surface area (Å²) in [6.07, 6.45) is 0.285. The van der Waals surface area contributed by atoms with Gasteiger partial charge in [-0.25, -0.2) is 0 Å². The number of benzene rings is 1. The molecule has 1 heterocycles. The van der Waals surface area contributed by atoms with Gasteiger partial charge in [-0.15, -0.1) is 11.3 Å². The van der Waals surface area contributed by atoms with Gasteiger partial charge in [0.1, 0.15) is 10.6 Å². The summed E-state index contributed by atoms with van der Waals surface area (Å²) in [6.45, 7) is 0. The third-order valence-electron chi connectivity index (χ3n) is 2.45. The van der Waals surface area contributed by atoms with E-state index in [0.717, 1.165) is 5.56 Å². The Labute approximate surface area is 119 Å². The van der Waals surface area contributed by atoms with E-state index < -0.39 is 0 Å². The Hall–Kier alpha value is -1.03. The lowest BCUT2D eigenvalue weighted by molar-refractivity contribution is 0.0994. The molecule has 1 aromatic carbocycles. The van der Waals surface area contributed by atoms with Gasteiger partial charge in [-0.1, -0.05) is 29.3 Å². The van der Waals surface area contributed by atoms with Crippen molar-refractivity contribution in [3.05, 3.63) is 50.1 Å². The number of rotatable bonds is 4. The SMILES string of the molecule is COc1ccsc1C(=O)Cc1ccc(Cl)c(Cl)c1. The van der Waals surface area contributed by atoms with Gasteiger partial charge >= 0.3 is 0 Å². The molecule has 0 fully saturated rings. The van der Waals surface area contributed by atoms with E-state index in [4.69, 9.17) is 27.9 Å². The van der Waals surface area contributed by atoms with Gasteiger partial charge in [-0.2, -0.15) is 0 Å². The van der Waals surface area contributed by atoms with E-state index in [1.807, 2.05) is 5.38 Å². The molecular weight excluding hydrogens is 291 g/mol. The second-order valence-electron chi connectivity index (χ2n) is 3.67. The Bertz CT molecular complexity index is 578. The number of carbonyl (C=O) groups is 1. The topological polar surface area (TPSA) is 26.3 Å². The molecule has 2 nitrogen and oxygen atoms in total. The minimum absolute atomic E-state index is 0.0141. The van der Waals surface area contributed by atoms with Crippen molar-refractivity contribution in [1.82, 2.24) is 0 Å². The molecule has 1 aromatic heterocycles. The summed E-state index contributed by atoms with van der Waals surface area (Å²) in [7, 11) is 1.55. The third-order valence-corrected chi connectivity index (χ3v) is 4.13. The molecule has 0 N–H and O–H groups in total. The maximum atomic E-state index is 12.1. The molecule has 2 aromatic rings. The van der Waals surface area contributed by atoms with Crippen LogP contribution in [0.25, 0.3) is 0 Å². The molecule has 0 aliphatic rings. The molecule has 0 unspecified atom stereocenters. The van der Waals surface area contributed by atoms with E-state index >= 15 is 0 Å². The predicted octanol–water partition coefficient (Wildman–Crippen LogP) is 4.49. The number of ether oxygens (including phenoxy) is 1. The van der Waals surface area contributed by atoms with Crippen molar-refractivity contribution in [2.45, 2.75) is 6.42 Å². The fraction of sp³-hybridized carbons (Fsp3) is 0.154. The Morgan fingerprint density at radius 3 is 2.72 bits per heavy atom. The normalized spacial score (nSPS) is 10.4. The summed E-state index contributed by atoms with van der Waals surface area (Å²) in [5.74, 6) is 0.630.